The van der Waals surface area contributed by atoms with Gasteiger partial charge in [0.1, 0.15) is 0 Å². The molecule has 0 aliphatic rings. The van der Waals surface area contributed by atoms with Gasteiger partial charge in [0.2, 0.25) is 0 Å². The molecule has 0 saturated carbocycles. The van der Waals surface area contributed by atoms with Gasteiger partial charge >= 0.3 is 18.0 Å². The molecule has 0 atom stereocenters. The number of amides is 1. The van der Waals surface area contributed by atoms with Gasteiger partial charge in [-0.2, -0.15) is 22.0 Å². The minimum atomic E-state index is -5.98. The van der Waals surface area contributed by atoms with Gasteiger partial charge in [-0.3, -0.25) is 4.79 Å². The fraction of sp³-hybridized carbons (Fsp3) is 0.250. The summed E-state index contributed by atoms with van der Waals surface area (Å²) in [6.45, 7) is 0. The predicted octanol–water partition coefficient (Wildman–Crippen LogP) is 3.63. The molecule has 0 saturated heterocycles. The van der Waals surface area contributed by atoms with Crippen molar-refractivity contribution in [3.05, 3.63) is 21.9 Å². The molecule has 0 unspecified atom stereocenters. The third-order valence-corrected chi connectivity index (χ3v) is 2.43. The topological polar surface area (TPSA) is 42.0 Å². The van der Waals surface area contributed by atoms with Crippen LogP contribution in [-0.4, -0.2) is 23.0 Å². The van der Waals surface area contributed by atoms with E-state index in [1.807, 2.05) is 0 Å². The SMILES string of the molecule is O=C(Nc1cc(Br)cnc1Cl)C(F)(F)C(F)(F)F. The van der Waals surface area contributed by atoms with Crippen molar-refractivity contribution in [3.8, 4) is 0 Å². The van der Waals surface area contributed by atoms with Crippen molar-refractivity contribution in [1.82, 2.24) is 4.98 Å². The zero-order chi connectivity index (χ0) is 14.1. The maximum Gasteiger partial charge on any atom is 0.463 e. The van der Waals surface area contributed by atoms with E-state index >= 15 is 0 Å². The first-order chi connectivity index (χ1) is 8.05. The first-order valence-electron chi connectivity index (χ1n) is 4.12. The van der Waals surface area contributed by atoms with Crippen molar-refractivity contribution in [3.63, 3.8) is 0 Å². The first kappa shape index (κ1) is 15.1. The highest BCUT2D eigenvalue weighted by Gasteiger charge is 2.63. The fourth-order valence-electron chi connectivity index (χ4n) is 0.840. The molecule has 1 heterocycles. The third kappa shape index (κ3) is 3.08. The predicted molar refractivity (Wildman–Crippen MR) is 56.6 cm³/mol. The zero-order valence-corrected chi connectivity index (χ0v) is 10.5. The van der Waals surface area contributed by atoms with E-state index in [9.17, 15) is 26.7 Å². The Morgan fingerprint density at radius 3 is 2.39 bits per heavy atom. The summed E-state index contributed by atoms with van der Waals surface area (Å²) in [5, 5.41) is 0.952. The molecular weight excluding hydrogens is 350 g/mol. The molecule has 1 N–H and O–H groups in total. The molecule has 0 bridgehead atoms. The highest BCUT2D eigenvalue weighted by Crippen LogP contribution is 2.36. The standard InChI is InChI=1S/C8H3BrClF5N2O/c9-3-1-4(5(10)16-2-3)17-6(18)7(11,12)8(13,14)15/h1-2H,(H,17,18). The maximum atomic E-state index is 12.6. The largest absolute Gasteiger partial charge is 0.463 e. The van der Waals surface area contributed by atoms with Crippen LogP contribution in [0.25, 0.3) is 0 Å². The molecular formula is C8H3BrClF5N2O. The van der Waals surface area contributed by atoms with E-state index < -0.39 is 28.8 Å². The van der Waals surface area contributed by atoms with Crippen molar-refractivity contribution in [2.45, 2.75) is 12.1 Å². The van der Waals surface area contributed by atoms with Gasteiger partial charge in [0.05, 0.1) is 5.69 Å². The number of carbonyl (C=O) groups excluding carboxylic acids is 1. The van der Waals surface area contributed by atoms with Gasteiger partial charge in [0.25, 0.3) is 0 Å². The number of alkyl halides is 5. The van der Waals surface area contributed by atoms with Gasteiger partial charge in [-0.05, 0) is 22.0 Å². The Balaban J connectivity index is 2.98. The second kappa shape index (κ2) is 4.96. The van der Waals surface area contributed by atoms with E-state index in [4.69, 9.17) is 11.6 Å². The second-order valence-electron chi connectivity index (χ2n) is 3.02. The normalized spacial score (nSPS) is 12.4. The summed E-state index contributed by atoms with van der Waals surface area (Å²) in [5.41, 5.74) is -0.458. The van der Waals surface area contributed by atoms with Crippen molar-refractivity contribution >= 4 is 39.1 Å². The van der Waals surface area contributed by atoms with Crippen LogP contribution >= 0.6 is 27.5 Å². The summed E-state index contributed by atoms with van der Waals surface area (Å²) in [5.74, 6) is -8.05. The summed E-state index contributed by atoms with van der Waals surface area (Å²) in [7, 11) is 0. The van der Waals surface area contributed by atoms with Crippen LogP contribution < -0.4 is 5.32 Å². The van der Waals surface area contributed by atoms with Gasteiger partial charge in [-0.15, -0.1) is 0 Å². The second-order valence-corrected chi connectivity index (χ2v) is 4.29. The van der Waals surface area contributed by atoms with Crippen molar-refractivity contribution in [1.29, 1.82) is 0 Å². The molecule has 1 aromatic heterocycles. The molecule has 0 radical (unpaired) electrons. The molecule has 1 amide bonds. The van der Waals surface area contributed by atoms with Gasteiger partial charge in [-0.1, -0.05) is 11.6 Å². The number of hydrogen-bond acceptors (Lipinski definition) is 2. The van der Waals surface area contributed by atoms with Gasteiger partial charge in [-0.25, -0.2) is 4.98 Å². The van der Waals surface area contributed by atoms with E-state index in [0.29, 0.717) is 0 Å². The Morgan fingerprint density at radius 2 is 1.89 bits per heavy atom. The molecule has 0 aromatic carbocycles. The minimum Gasteiger partial charge on any atom is -0.318 e. The Bertz CT molecular complexity index is 479. The average molecular weight is 353 g/mol. The summed E-state index contributed by atoms with van der Waals surface area (Å²) in [6, 6.07) is 1.04. The lowest BCUT2D eigenvalue weighted by Crippen LogP contribution is -2.47. The monoisotopic (exact) mass is 352 g/mol. The fourth-order valence-corrected chi connectivity index (χ4v) is 1.32. The molecule has 10 heteroatoms. The number of rotatable bonds is 2. The molecule has 3 nitrogen and oxygen atoms in total. The quantitative estimate of drug-likeness (QED) is 0.652. The van der Waals surface area contributed by atoms with Crippen LogP contribution in [-0.2, 0) is 4.79 Å². The lowest BCUT2D eigenvalue weighted by molar-refractivity contribution is -0.267. The number of halogens is 7. The van der Waals surface area contributed by atoms with Crippen LogP contribution in [0.15, 0.2) is 16.7 Å². The number of aromatic nitrogens is 1. The molecule has 0 fully saturated rings. The maximum absolute atomic E-state index is 12.6. The number of carbonyl (C=O) groups is 1. The highest BCUT2D eigenvalue weighted by molar-refractivity contribution is 9.10. The molecule has 1 rings (SSSR count). The van der Waals surface area contributed by atoms with E-state index in [2.05, 4.69) is 20.9 Å². The molecule has 0 aliphatic heterocycles. The van der Waals surface area contributed by atoms with E-state index in [1.165, 1.54) is 11.5 Å². The minimum absolute atomic E-state index is 0.248. The smallest absolute Gasteiger partial charge is 0.318 e. The molecule has 18 heavy (non-hydrogen) atoms. The van der Waals surface area contributed by atoms with Gasteiger partial charge in [0, 0.05) is 10.7 Å². The number of anilines is 1. The van der Waals surface area contributed by atoms with Crippen molar-refractivity contribution in [2.24, 2.45) is 0 Å². The van der Waals surface area contributed by atoms with Crippen molar-refractivity contribution in [2.75, 3.05) is 5.32 Å². The Morgan fingerprint density at radius 1 is 1.33 bits per heavy atom. The molecule has 1 aromatic rings. The molecule has 100 valence electrons. The van der Waals surface area contributed by atoms with Crippen molar-refractivity contribution < 1.29 is 26.7 Å². The number of nitrogens with zero attached hydrogens (tertiary/aromatic N) is 1. The Hall–Kier alpha value is -0.960. The number of nitrogens with one attached hydrogen (secondary N) is 1. The van der Waals surface area contributed by atoms with Crippen LogP contribution in [0, 0.1) is 0 Å². The zero-order valence-electron chi connectivity index (χ0n) is 8.16. The van der Waals surface area contributed by atoms with E-state index in [0.717, 1.165) is 6.07 Å². The summed E-state index contributed by atoms with van der Waals surface area (Å²) in [4.78, 5) is 14.3. The number of hydrogen-bond donors (Lipinski definition) is 1. The molecule has 0 aliphatic carbocycles. The Kier molecular flexibility index (Phi) is 4.16. The lowest BCUT2D eigenvalue weighted by atomic mass is 10.3. The van der Waals surface area contributed by atoms with Gasteiger partial charge in [0.15, 0.2) is 5.15 Å². The van der Waals surface area contributed by atoms with E-state index in [1.54, 1.807) is 0 Å². The number of pyridine rings is 1. The summed E-state index contributed by atoms with van der Waals surface area (Å²) < 4.78 is 61.2. The van der Waals surface area contributed by atoms with Crippen LogP contribution in [0.5, 0.6) is 0 Å². The van der Waals surface area contributed by atoms with Crippen LogP contribution in [0.1, 0.15) is 0 Å². The van der Waals surface area contributed by atoms with Gasteiger partial charge < -0.3 is 5.32 Å². The summed E-state index contributed by atoms with van der Waals surface area (Å²) >= 11 is 8.33. The van der Waals surface area contributed by atoms with E-state index in [-0.39, 0.29) is 4.47 Å². The highest BCUT2D eigenvalue weighted by atomic mass is 79.9. The lowest BCUT2D eigenvalue weighted by Gasteiger charge is -2.18. The Labute approximate surface area is 110 Å². The average Bonchev–Trinajstić information content (AvgIpc) is 2.21. The third-order valence-electron chi connectivity index (χ3n) is 1.70. The van der Waals surface area contributed by atoms with Crippen LogP contribution in [0.2, 0.25) is 5.15 Å². The van der Waals surface area contributed by atoms with Crippen LogP contribution in [0.4, 0.5) is 27.6 Å². The van der Waals surface area contributed by atoms with Crippen LogP contribution in [0.3, 0.4) is 0 Å². The first-order valence-corrected chi connectivity index (χ1v) is 5.30. The molecule has 0 spiro atoms. The summed E-state index contributed by atoms with van der Waals surface area (Å²) in [6.07, 6.45) is -4.80.